The Morgan fingerprint density at radius 1 is 1.19 bits per heavy atom. The molecule has 1 amide bonds. The van der Waals surface area contributed by atoms with E-state index in [4.69, 9.17) is 4.74 Å². The van der Waals surface area contributed by atoms with Crippen molar-refractivity contribution in [3.8, 4) is 0 Å². The van der Waals surface area contributed by atoms with E-state index in [1.807, 2.05) is 6.92 Å². The SMILES string of the molecule is CCc1c(C(=O)OCC(=O)N2CCN(S(C)(=O)=O)CC2)cnc2ncnn12. The van der Waals surface area contributed by atoms with Crippen LogP contribution in [0.3, 0.4) is 0 Å². The number of ether oxygens (including phenoxy) is 1. The van der Waals surface area contributed by atoms with Gasteiger partial charge in [-0.1, -0.05) is 6.92 Å². The number of amides is 1. The molecule has 0 unspecified atom stereocenters. The lowest BCUT2D eigenvalue weighted by Crippen LogP contribution is -2.51. The molecule has 0 N–H and O–H groups in total. The molecule has 1 saturated heterocycles. The maximum absolute atomic E-state index is 12.4. The maximum atomic E-state index is 12.4. The van der Waals surface area contributed by atoms with Gasteiger partial charge in [-0.15, -0.1) is 0 Å². The predicted octanol–water partition coefficient (Wildman–Crippen LogP) is -1.05. The van der Waals surface area contributed by atoms with Gasteiger partial charge in [0.05, 0.1) is 17.5 Å². The second-order valence-corrected chi connectivity index (χ2v) is 8.05. The summed E-state index contributed by atoms with van der Waals surface area (Å²) in [6.07, 6.45) is 4.35. The average Bonchev–Trinajstić information content (AvgIpc) is 3.13. The molecule has 0 atom stereocenters. The van der Waals surface area contributed by atoms with E-state index in [0.717, 1.165) is 6.26 Å². The van der Waals surface area contributed by atoms with Gasteiger partial charge in [0.25, 0.3) is 11.7 Å². The van der Waals surface area contributed by atoms with Gasteiger partial charge in [-0.05, 0) is 6.42 Å². The van der Waals surface area contributed by atoms with E-state index in [9.17, 15) is 18.0 Å². The standard InChI is InChI=1S/C15H20N6O5S/c1-3-12-11(8-16-15-17-10-18-21(12)15)14(23)26-9-13(22)19-4-6-20(7-5-19)27(2,24)25/h8,10H,3-7,9H2,1-2H3. The van der Waals surface area contributed by atoms with Crippen molar-refractivity contribution in [1.29, 1.82) is 0 Å². The zero-order chi connectivity index (χ0) is 19.6. The van der Waals surface area contributed by atoms with Crippen LogP contribution in [0.1, 0.15) is 23.0 Å². The minimum absolute atomic E-state index is 0.227. The highest BCUT2D eigenvalue weighted by molar-refractivity contribution is 7.88. The van der Waals surface area contributed by atoms with Gasteiger partial charge in [0.15, 0.2) is 6.61 Å². The number of rotatable bonds is 5. The van der Waals surface area contributed by atoms with E-state index in [0.29, 0.717) is 17.9 Å². The molecule has 1 aliphatic rings. The third kappa shape index (κ3) is 4.06. The van der Waals surface area contributed by atoms with Crippen molar-refractivity contribution in [1.82, 2.24) is 28.8 Å². The van der Waals surface area contributed by atoms with Crippen molar-refractivity contribution in [3.05, 3.63) is 23.8 Å². The number of carbonyl (C=O) groups is 2. The predicted molar refractivity (Wildman–Crippen MR) is 93.4 cm³/mol. The lowest BCUT2D eigenvalue weighted by Gasteiger charge is -2.33. The quantitative estimate of drug-likeness (QED) is 0.586. The summed E-state index contributed by atoms with van der Waals surface area (Å²) in [7, 11) is -3.27. The molecule has 12 heteroatoms. The molecule has 1 aliphatic heterocycles. The van der Waals surface area contributed by atoms with Gasteiger partial charge < -0.3 is 9.64 Å². The number of aryl methyl sites for hydroxylation is 1. The summed E-state index contributed by atoms with van der Waals surface area (Å²) in [4.78, 5) is 34.1. The molecule has 146 valence electrons. The molecule has 0 aromatic carbocycles. The van der Waals surface area contributed by atoms with Crippen LogP contribution in [0.15, 0.2) is 12.5 Å². The first-order valence-corrected chi connectivity index (χ1v) is 10.2. The smallest absolute Gasteiger partial charge is 0.342 e. The molecule has 1 fully saturated rings. The molecule has 3 rings (SSSR count). The van der Waals surface area contributed by atoms with Crippen LogP contribution in [0.4, 0.5) is 0 Å². The minimum Gasteiger partial charge on any atom is -0.452 e. The number of hydrogen-bond acceptors (Lipinski definition) is 8. The molecule has 2 aromatic heterocycles. The van der Waals surface area contributed by atoms with E-state index < -0.39 is 22.6 Å². The van der Waals surface area contributed by atoms with Gasteiger partial charge in [0, 0.05) is 32.4 Å². The first kappa shape index (κ1) is 19.2. The van der Waals surface area contributed by atoms with Crippen LogP contribution in [0.25, 0.3) is 5.78 Å². The highest BCUT2D eigenvalue weighted by Crippen LogP contribution is 2.12. The first-order chi connectivity index (χ1) is 12.8. The molecule has 2 aromatic rings. The number of sulfonamides is 1. The Kier molecular flexibility index (Phi) is 5.37. The highest BCUT2D eigenvalue weighted by Gasteiger charge is 2.27. The van der Waals surface area contributed by atoms with Crippen LogP contribution in [0.5, 0.6) is 0 Å². The zero-order valence-corrected chi connectivity index (χ0v) is 15.8. The third-order valence-corrected chi connectivity index (χ3v) is 5.65. The summed E-state index contributed by atoms with van der Waals surface area (Å²) in [6, 6.07) is 0. The van der Waals surface area contributed by atoms with Crippen LogP contribution in [-0.2, 0) is 26.0 Å². The van der Waals surface area contributed by atoms with E-state index in [-0.39, 0.29) is 37.6 Å². The first-order valence-electron chi connectivity index (χ1n) is 8.39. The van der Waals surface area contributed by atoms with Crippen molar-refractivity contribution in [2.24, 2.45) is 0 Å². The fourth-order valence-electron chi connectivity index (χ4n) is 2.90. The average molecular weight is 396 g/mol. The Morgan fingerprint density at radius 3 is 2.52 bits per heavy atom. The summed E-state index contributed by atoms with van der Waals surface area (Å²) in [5, 5.41) is 4.03. The normalized spacial score (nSPS) is 15.9. The summed E-state index contributed by atoms with van der Waals surface area (Å²) in [6.45, 7) is 2.42. The van der Waals surface area contributed by atoms with Crippen LogP contribution in [-0.4, -0.2) is 88.1 Å². The van der Waals surface area contributed by atoms with Crippen molar-refractivity contribution in [3.63, 3.8) is 0 Å². The Bertz CT molecular complexity index is 964. The van der Waals surface area contributed by atoms with Crippen molar-refractivity contribution in [2.45, 2.75) is 13.3 Å². The molecule has 0 saturated carbocycles. The van der Waals surface area contributed by atoms with E-state index in [1.54, 1.807) is 0 Å². The molecule has 3 heterocycles. The summed E-state index contributed by atoms with van der Waals surface area (Å²) in [5.74, 6) is -0.660. The van der Waals surface area contributed by atoms with Crippen molar-refractivity contribution >= 4 is 27.7 Å². The number of nitrogens with zero attached hydrogens (tertiary/aromatic N) is 6. The third-order valence-electron chi connectivity index (χ3n) is 4.35. The number of hydrogen-bond donors (Lipinski definition) is 0. The van der Waals surface area contributed by atoms with Crippen LogP contribution in [0.2, 0.25) is 0 Å². The van der Waals surface area contributed by atoms with Crippen LogP contribution < -0.4 is 0 Å². The van der Waals surface area contributed by atoms with Gasteiger partial charge in [-0.25, -0.2) is 22.7 Å². The number of fused-ring (bicyclic) bond motifs is 1. The van der Waals surface area contributed by atoms with Crippen LogP contribution in [0, 0.1) is 0 Å². The van der Waals surface area contributed by atoms with E-state index in [2.05, 4.69) is 15.1 Å². The second-order valence-electron chi connectivity index (χ2n) is 6.06. The van der Waals surface area contributed by atoms with E-state index in [1.165, 1.54) is 26.2 Å². The van der Waals surface area contributed by atoms with Gasteiger partial charge in [0.1, 0.15) is 6.33 Å². The Balaban J connectivity index is 1.60. The van der Waals surface area contributed by atoms with Gasteiger partial charge in [-0.3, -0.25) is 4.79 Å². The van der Waals surface area contributed by atoms with Gasteiger partial charge in [-0.2, -0.15) is 14.4 Å². The summed E-state index contributed by atoms with van der Waals surface area (Å²) >= 11 is 0. The summed E-state index contributed by atoms with van der Waals surface area (Å²) in [5.41, 5.74) is 0.821. The summed E-state index contributed by atoms with van der Waals surface area (Å²) < 4.78 is 30.9. The van der Waals surface area contributed by atoms with Gasteiger partial charge >= 0.3 is 5.97 Å². The topological polar surface area (TPSA) is 127 Å². The Morgan fingerprint density at radius 2 is 1.89 bits per heavy atom. The van der Waals surface area contributed by atoms with Crippen molar-refractivity contribution in [2.75, 3.05) is 39.0 Å². The highest BCUT2D eigenvalue weighted by atomic mass is 32.2. The second kappa shape index (κ2) is 7.56. The van der Waals surface area contributed by atoms with Crippen LogP contribution >= 0.6 is 0 Å². The zero-order valence-electron chi connectivity index (χ0n) is 15.0. The van der Waals surface area contributed by atoms with Crippen molar-refractivity contribution < 1.29 is 22.7 Å². The molecular weight excluding hydrogens is 376 g/mol. The lowest BCUT2D eigenvalue weighted by molar-refractivity contribution is -0.135. The fourth-order valence-corrected chi connectivity index (χ4v) is 3.73. The number of carbonyl (C=O) groups excluding carboxylic acids is 2. The van der Waals surface area contributed by atoms with Gasteiger partial charge in [0.2, 0.25) is 10.0 Å². The monoisotopic (exact) mass is 396 g/mol. The largest absolute Gasteiger partial charge is 0.452 e. The molecule has 0 spiro atoms. The molecule has 11 nitrogen and oxygen atoms in total. The number of piperazine rings is 1. The molecular formula is C15H20N6O5S. The molecule has 0 aliphatic carbocycles. The number of esters is 1. The Labute approximate surface area is 156 Å². The molecule has 0 bridgehead atoms. The lowest BCUT2D eigenvalue weighted by atomic mass is 10.2. The maximum Gasteiger partial charge on any atom is 0.342 e. The molecule has 0 radical (unpaired) electrons. The molecule has 27 heavy (non-hydrogen) atoms. The minimum atomic E-state index is -3.27. The Hall–Kier alpha value is -2.60. The fraction of sp³-hybridized carbons (Fsp3) is 0.533. The van der Waals surface area contributed by atoms with E-state index >= 15 is 0 Å². The number of aromatic nitrogens is 4.